The van der Waals surface area contributed by atoms with Gasteiger partial charge in [-0.25, -0.2) is 4.98 Å². The van der Waals surface area contributed by atoms with Crippen molar-refractivity contribution in [3.8, 4) is 17.3 Å². The van der Waals surface area contributed by atoms with Crippen LogP contribution in [0.25, 0.3) is 22.9 Å². The van der Waals surface area contributed by atoms with E-state index >= 15 is 0 Å². The molecule has 3 aromatic rings. The molecule has 116 valence electrons. The molecule has 24 heavy (non-hydrogen) atoms. The maximum absolute atomic E-state index is 9.47. The predicted molar refractivity (Wildman–Crippen MR) is 104 cm³/mol. The monoisotopic (exact) mass is 392 g/mol. The van der Waals surface area contributed by atoms with Crippen molar-refractivity contribution in [3.05, 3.63) is 87.2 Å². The molecule has 2 nitrogen and oxygen atoms in total. The molecule has 0 saturated carbocycles. The Morgan fingerprint density at radius 2 is 1.71 bits per heavy atom. The summed E-state index contributed by atoms with van der Waals surface area (Å²) in [6.45, 7) is 0. The molecule has 1 aromatic heterocycles. The molecule has 4 heteroatoms. The summed E-state index contributed by atoms with van der Waals surface area (Å²) in [6.07, 6.45) is 3.78. The molecule has 0 fully saturated rings. The van der Waals surface area contributed by atoms with Crippen LogP contribution < -0.4 is 0 Å². The van der Waals surface area contributed by atoms with Crippen molar-refractivity contribution in [1.82, 2.24) is 4.98 Å². The van der Waals surface area contributed by atoms with E-state index in [9.17, 15) is 5.26 Å². The highest BCUT2D eigenvalue weighted by molar-refractivity contribution is 9.12. The smallest absolute Gasteiger partial charge is 0.134 e. The maximum atomic E-state index is 9.47. The summed E-state index contributed by atoms with van der Waals surface area (Å²) in [5.74, 6) is 0. The largest absolute Gasteiger partial charge is 0.235 e. The zero-order valence-electron chi connectivity index (χ0n) is 12.7. The van der Waals surface area contributed by atoms with Gasteiger partial charge in [0.1, 0.15) is 11.1 Å². The number of hydrogen-bond donors (Lipinski definition) is 0. The second-order valence-corrected chi connectivity index (χ2v) is 6.79. The molecule has 0 radical (unpaired) electrons. The first-order valence-corrected chi connectivity index (χ1v) is 8.99. The Labute approximate surface area is 153 Å². The Kier molecular flexibility index (Phi) is 5.37. The second kappa shape index (κ2) is 7.87. The topological polar surface area (TPSA) is 36.7 Å². The van der Waals surface area contributed by atoms with E-state index in [0.29, 0.717) is 5.57 Å². The van der Waals surface area contributed by atoms with Crippen LogP contribution in [0.4, 0.5) is 0 Å². The van der Waals surface area contributed by atoms with E-state index in [1.807, 2.05) is 72.1 Å². The molecule has 0 atom stereocenters. The summed E-state index contributed by atoms with van der Waals surface area (Å²) in [4.78, 5) is 4.59. The van der Waals surface area contributed by atoms with E-state index in [1.54, 1.807) is 6.08 Å². The van der Waals surface area contributed by atoms with Crippen molar-refractivity contribution in [2.24, 2.45) is 0 Å². The lowest BCUT2D eigenvalue weighted by molar-refractivity contribution is 1.37. The third-order valence-corrected chi connectivity index (χ3v) is 4.64. The molecular formula is C20H13BrN2S. The predicted octanol–water partition coefficient (Wildman–Crippen LogP) is 6.15. The van der Waals surface area contributed by atoms with Gasteiger partial charge in [0.05, 0.1) is 11.3 Å². The van der Waals surface area contributed by atoms with Gasteiger partial charge in [-0.05, 0) is 17.7 Å². The Balaban J connectivity index is 1.88. The summed E-state index contributed by atoms with van der Waals surface area (Å²) in [5, 5.41) is 12.2. The van der Waals surface area contributed by atoms with Crippen molar-refractivity contribution in [1.29, 1.82) is 5.26 Å². The third-order valence-electron chi connectivity index (χ3n) is 3.31. The Bertz CT molecular complexity index is 919. The van der Waals surface area contributed by atoms with Gasteiger partial charge in [-0.15, -0.1) is 11.3 Å². The van der Waals surface area contributed by atoms with Crippen LogP contribution in [0.5, 0.6) is 0 Å². The minimum Gasteiger partial charge on any atom is -0.235 e. The Hall–Kier alpha value is -2.48. The van der Waals surface area contributed by atoms with Gasteiger partial charge in [0.15, 0.2) is 0 Å². The summed E-state index contributed by atoms with van der Waals surface area (Å²) >= 11 is 4.99. The fourth-order valence-electron chi connectivity index (χ4n) is 2.17. The molecule has 0 amide bonds. The molecule has 3 rings (SSSR count). The normalized spacial score (nSPS) is 12.0. The molecule has 0 aliphatic heterocycles. The van der Waals surface area contributed by atoms with Crippen molar-refractivity contribution < 1.29 is 0 Å². The minimum absolute atomic E-state index is 0.543. The van der Waals surface area contributed by atoms with E-state index in [2.05, 4.69) is 27.0 Å². The van der Waals surface area contributed by atoms with Gasteiger partial charge in [0.25, 0.3) is 0 Å². The van der Waals surface area contributed by atoms with Gasteiger partial charge in [-0.2, -0.15) is 5.26 Å². The highest BCUT2D eigenvalue weighted by Gasteiger charge is 2.09. The number of nitrogens with zero attached hydrogens (tertiary/aromatic N) is 2. The molecule has 0 unspecified atom stereocenters. The van der Waals surface area contributed by atoms with E-state index in [1.165, 1.54) is 11.3 Å². The molecule has 0 aliphatic rings. The van der Waals surface area contributed by atoms with Gasteiger partial charge < -0.3 is 0 Å². The van der Waals surface area contributed by atoms with Crippen LogP contribution in [-0.2, 0) is 0 Å². The second-order valence-electron chi connectivity index (χ2n) is 5.01. The van der Waals surface area contributed by atoms with Crippen LogP contribution >= 0.6 is 27.3 Å². The van der Waals surface area contributed by atoms with E-state index in [-0.39, 0.29) is 0 Å². The average Bonchev–Trinajstić information content (AvgIpc) is 3.11. The minimum atomic E-state index is 0.543. The number of nitriles is 1. The lowest BCUT2D eigenvalue weighted by Crippen LogP contribution is -1.82. The Morgan fingerprint density at radius 3 is 2.38 bits per heavy atom. The number of aromatic nitrogens is 1. The number of benzene rings is 2. The Morgan fingerprint density at radius 1 is 1.04 bits per heavy atom. The molecule has 1 heterocycles. The summed E-state index contributed by atoms with van der Waals surface area (Å²) in [6, 6.07) is 22.2. The summed E-state index contributed by atoms with van der Waals surface area (Å²) in [5.41, 5.74) is 3.55. The average molecular weight is 393 g/mol. The first-order valence-electron chi connectivity index (χ1n) is 7.31. The zero-order valence-corrected chi connectivity index (χ0v) is 15.1. The highest BCUT2D eigenvalue weighted by Crippen LogP contribution is 2.27. The van der Waals surface area contributed by atoms with Crippen molar-refractivity contribution in [2.45, 2.75) is 0 Å². The van der Waals surface area contributed by atoms with Gasteiger partial charge in [0.2, 0.25) is 0 Å². The molecular weight excluding hydrogens is 380 g/mol. The molecule has 0 bridgehead atoms. The van der Waals surface area contributed by atoms with Crippen molar-refractivity contribution in [3.63, 3.8) is 0 Å². The molecule has 0 saturated heterocycles. The highest BCUT2D eigenvalue weighted by atomic mass is 79.9. The number of halogens is 1. The van der Waals surface area contributed by atoms with E-state index in [0.717, 1.165) is 26.3 Å². The maximum Gasteiger partial charge on any atom is 0.134 e. The van der Waals surface area contributed by atoms with Crippen LogP contribution in [0, 0.1) is 11.3 Å². The van der Waals surface area contributed by atoms with Crippen LogP contribution in [-0.4, -0.2) is 4.98 Å². The van der Waals surface area contributed by atoms with E-state index in [4.69, 9.17) is 0 Å². The molecule has 2 aromatic carbocycles. The SMILES string of the molecule is N#C/C(=C\C(Br)=C\c1ccccc1)c1nc(-c2ccccc2)cs1. The van der Waals surface area contributed by atoms with Crippen LogP contribution in [0.3, 0.4) is 0 Å². The van der Waals surface area contributed by atoms with Crippen molar-refractivity contribution >= 4 is 38.9 Å². The number of thiazole rings is 1. The first-order chi connectivity index (χ1) is 11.8. The van der Waals surface area contributed by atoms with E-state index < -0.39 is 0 Å². The van der Waals surface area contributed by atoms with Crippen LogP contribution in [0.1, 0.15) is 10.6 Å². The number of hydrogen-bond acceptors (Lipinski definition) is 3. The molecule has 0 spiro atoms. The lowest BCUT2D eigenvalue weighted by Gasteiger charge is -1.96. The quantitative estimate of drug-likeness (QED) is 0.394. The molecule has 0 aliphatic carbocycles. The number of rotatable bonds is 4. The summed E-state index contributed by atoms with van der Waals surface area (Å²) < 4.78 is 0.835. The van der Waals surface area contributed by atoms with Gasteiger partial charge in [-0.3, -0.25) is 0 Å². The van der Waals surface area contributed by atoms with Gasteiger partial charge in [0, 0.05) is 15.4 Å². The number of allylic oxidation sites excluding steroid dienone is 3. The lowest BCUT2D eigenvalue weighted by atomic mass is 10.2. The third kappa shape index (κ3) is 4.08. The van der Waals surface area contributed by atoms with Crippen LogP contribution in [0.15, 0.2) is 76.6 Å². The standard InChI is InChI=1S/C20H13BrN2S/c21-18(11-15-7-3-1-4-8-15)12-17(13-22)20-23-19(14-24-20)16-9-5-2-6-10-16/h1-12,14H/b17-12+,18-11-. The van der Waals surface area contributed by atoms with Crippen LogP contribution in [0.2, 0.25) is 0 Å². The summed E-state index contributed by atoms with van der Waals surface area (Å²) in [7, 11) is 0. The zero-order chi connectivity index (χ0) is 16.8. The van der Waals surface area contributed by atoms with Gasteiger partial charge >= 0.3 is 0 Å². The van der Waals surface area contributed by atoms with Gasteiger partial charge in [-0.1, -0.05) is 76.6 Å². The fraction of sp³-hybridized carbons (Fsp3) is 0. The fourth-order valence-corrected chi connectivity index (χ4v) is 3.46. The first kappa shape index (κ1) is 16.4. The molecule has 0 N–H and O–H groups in total. The van der Waals surface area contributed by atoms with Crippen molar-refractivity contribution in [2.75, 3.05) is 0 Å².